The molecule has 1 fully saturated rings. The van der Waals surface area contributed by atoms with E-state index in [1.54, 1.807) is 7.11 Å². The summed E-state index contributed by atoms with van der Waals surface area (Å²) in [5, 5.41) is 4.49. The van der Waals surface area contributed by atoms with Crippen LogP contribution in [-0.4, -0.2) is 31.8 Å². The van der Waals surface area contributed by atoms with Gasteiger partial charge in [0.05, 0.1) is 18.3 Å². The highest BCUT2D eigenvalue weighted by molar-refractivity contribution is 5.80. The second-order valence-corrected chi connectivity index (χ2v) is 4.71. The molecule has 1 saturated heterocycles. The Kier molecular flexibility index (Phi) is 3.62. The van der Waals surface area contributed by atoms with E-state index in [2.05, 4.69) is 11.4 Å². The summed E-state index contributed by atoms with van der Waals surface area (Å²) < 4.78 is 11.1. The largest absolute Gasteiger partial charge is 0.497 e. The van der Waals surface area contributed by atoms with Crippen molar-refractivity contribution in [2.24, 2.45) is 0 Å². The van der Waals surface area contributed by atoms with Crippen molar-refractivity contribution < 1.29 is 9.47 Å². The van der Waals surface area contributed by atoms with Gasteiger partial charge < -0.3 is 14.8 Å². The number of pyridine rings is 1. The molecule has 0 aliphatic carbocycles. The van der Waals surface area contributed by atoms with E-state index in [-0.39, 0.29) is 6.10 Å². The molecule has 3 rings (SSSR count). The lowest BCUT2D eigenvalue weighted by molar-refractivity contribution is 0.0641. The van der Waals surface area contributed by atoms with E-state index < -0.39 is 0 Å². The first-order chi connectivity index (χ1) is 9.36. The SMILES string of the molecule is COc1ccc2ccc(C3CNCCCO3)nc2c1. The smallest absolute Gasteiger partial charge is 0.121 e. The van der Waals surface area contributed by atoms with E-state index in [1.807, 2.05) is 24.3 Å². The summed E-state index contributed by atoms with van der Waals surface area (Å²) in [6.07, 6.45) is 1.09. The van der Waals surface area contributed by atoms with Gasteiger partial charge in [0.1, 0.15) is 11.9 Å². The van der Waals surface area contributed by atoms with E-state index in [4.69, 9.17) is 14.5 Å². The standard InChI is InChI=1S/C15H18N2O2/c1-18-12-5-3-11-4-6-13(17-14(11)9-12)15-10-16-7-2-8-19-15/h3-6,9,15-16H,2,7-8,10H2,1H3. The van der Waals surface area contributed by atoms with Crippen molar-refractivity contribution in [3.05, 3.63) is 36.0 Å². The van der Waals surface area contributed by atoms with E-state index in [0.717, 1.165) is 48.5 Å². The summed E-state index contributed by atoms with van der Waals surface area (Å²) in [6.45, 7) is 2.62. The Balaban J connectivity index is 1.94. The molecule has 1 aliphatic heterocycles. The van der Waals surface area contributed by atoms with Crippen molar-refractivity contribution in [1.29, 1.82) is 0 Å². The highest BCUT2D eigenvalue weighted by Crippen LogP contribution is 2.23. The number of aromatic nitrogens is 1. The second-order valence-electron chi connectivity index (χ2n) is 4.71. The Morgan fingerprint density at radius 2 is 2.21 bits per heavy atom. The minimum atomic E-state index is 0.0399. The van der Waals surface area contributed by atoms with Crippen LogP contribution in [-0.2, 0) is 4.74 Å². The van der Waals surface area contributed by atoms with E-state index in [9.17, 15) is 0 Å². The van der Waals surface area contributed by atoms with Crippen molar-refractivity contribution in [3.63, 3.8) is 0 Å². The van der Waals surface area contributed by atoms with Gasteiger partial charge in [-0.15, -0.1) is 0 Å². The third-order valence-electron chi connectivity index (χ3n) is 3.40. The Bertz CT molecular complexity index is 563. The lowest BCUT2D eigenvalue weighted by Crippen LogP contribution is -2.20. The van der Waals surface area contributed by atoms with Crippen LogP contribution in [0.2, 0.25) is 0 Å². The van der Waals surface area contributed by atoms with Gasteiger partial charge in [0, 0.05) is 24.6 Å². The molecule has 1 atom stereocenters. The van der Waals surface area contributed by atoms with Crippen molar-refractivity contribution >= 4 is 10.9 Å². The van der Waals surface area contributed by atoms with Crippen LogP contribution in [0.5, 0.6) is 5.75 Å². The molecule has 1 N–H and O–H groups in total. The molecule has 4 nitrogen and oxygen atoms in total. The number of ether oxygens (including phenoxy) is 2. The van der Waals surface area contributed by atoms with Crippen LogP contribution in [0.25, 0.3) is 10.9 Å². The third-order valence-corrected chi connectivity index (χ3v) is 3.40. The lowest BCUT2D eigenvalue weighted by Gasteiger charge is -2.15. The normalized spacial score (nSPS) is 20.2. The fourth-order valence-corrected chi connectivity index (χ4v) is 2.32. The maximum atomic E-state index is 5.84. The van der Waals surface area contributed by atoms with Gasteiger partial charge in [-0.05, 0) is 31.2 Å². The summed E-state index contributed by atoms with van der Waals surface area (Å²) in [4.78, 5) is 4.70. The first kappa shape index (κ1) is 12.4. The first-order valence-corrected chi connectivity index (χ1v) is 6.64. The van der Waals surface area contributed by atoms with Crippen molar-refractivity contribution in [2.75, 3.05) is 26.8 Å². The molecule has 0 amide bonds. The van der Waals surface area contributed by atoms with Crippen LogP contribution >= 0.6 is 0 Å². The Labute approximate surface area is 112 Å². The Morgan fingerprint density at radius 1 is 1.32 bits per heavy atom. The second kappa shape index (κ2) is 5.55. The molecule has 0 bridgehead atoms. The third kappa shape index (κ3) is 2.69. The number of hydrogen-bond acceptors (Lipinski definition) is 4. The predicted octanol–water partition coefficient (Wildman–Crippen LogP) is 2.29. The molecule has 100 valence electrons. The zero-order valence-corrected chi connectivity index (χ0v) is 11.1. The molecule has 1 aromatic heterocycles. The lowest BCUT2D eigenvalue weighted by atomic mass is 10.1. The molecule has 1 unspecified atom stereocenters. The zero-order valence-electron chi connectivity index (χ0n) is 11.1. The van der Waals surface area contributed by atoms with Crippen LogP contribution in [0.4, 0.5) is 0 Å². The summed E-state index contributed by atoms with van der Waals surface area (Å²) >= 11 is 0. The van der Waals surface area contributed by atoms with Gasteiger partial charge >= 0.3 is 0 Å². The van der Waals surface area contributed by atoms with Gasteiger partial charge in [-0.1, -0.05) is 6.07 Å². The maximum Gasteiger partial charge on any atom is 0.121 e. The summed E-state index contributed by atoms with van der Waals surface area (Å²) in [6, 6.07) is 10.1. The minimum Gasteiger partial charge on any atom is -0.497 e. The average molecular weight is 258 g/mol. The number of benzene rings is 1. The molecule has 1 aliphatic rings. The van der Waals surface area contributed by atoms with Gasteiger partial charge in [0.25, 0.3) is 0 Å². The number of nitrogens with one attached hydrogen (secondary N) is 1. The minimum absolute atomic E-state index is 0.0399. The van der Waals surface area contributed by atoms with Crippen LogP contribution in [0.3, 0.4) is 0 Å². The summed E-state index contributed by atoms with van der Waals surface area (Å²) in [7, 11) is 1.67. The molecule has 0 radical (unpaired) electrons. The number of nitrogens with zero attached hydrogens (tertiary/aromatic N) is 1. The van der Waals surface area contributed by atoms with Crippen molar-refractivity contribution in [1.82, 2.24) is 10.3 Å². The predicted molar refractivity (Wildman–Crippen MR) is 74.5 cm³/mol. The topological polar surface area (TPSA) is 43.4 Å². The zero-order chi connectivity index (χ0) is 13.1. The number of methoxy groups -OCH3 is 1. The molecule has 4 heteroatoms. The average Bonchev–Trinajstić information content (AvgIpc) is 2.75. The monoisotopic (exact) mass is 258 g/mol. The first-order valence-electron chi connectivity index (χ1n) is 6.64. The summed E-state index contributed by atoms with van der Waals surface area (Å²) in [5.41, 5.74) is 1.93. The fourth-order valence-electron chi connectivity index (χ4n) is 2.32. The molecule has 2 aromatic rings. The van der Waals surface area contributed by atoms with Gasteiger partial charge in [0.2, 0.25) is 0 Å². The van der Waals surface area contributed by atoms with E-state index in [0.29, 0.717) is 0 Å². The highest BCUT2D eigenvalue weighted by Gasteiger charge is 2.16. The van der Waals surface area contributed by atoms with Crippen LogP contribution in [0, 0.1) is 0 Å². The summed E-state index contributed by atoms with van der Waals surface area (Å²) in [5.74, 6) is 0.831. The number of hydrogen-bond donors (Lipinski definition) is 1. The Hall–Kier alpha value is -1.65. The van der Waals surface area contributed by atoms with Crippen LogP contribution in [0.15, 0.2) is 30.3 Å². The van der Waals surface area contributed by atoms with Gasteiger partial charge in [-0.25, -0.2) is 4.98 Å². The van der Waals surface area contributed by atoms with Crippen molar-refractivity contribution in [3.8, 4) is 5.75 Å². The van der Waals surface area contributed by atoms with Gasteiger partial charge in [0.15, 0.2) is 0 Å². The molecule has 0 spiro atoms. The fraction of sp³-hybridized carbons (Fsp3) is 0.400. The van der Waals surface area contributed by atoms with Crippen molar-refractivity contribution in [2.45, 2.75) is 12.5 Å². The van der Waals surface area contributed by atoms with Crippen LogP contribution < -0.4 is 10.1 Å². The number of rotatable bonds is 2. The van der Waals surface area contributed by atoms with Gasteiger partial charge in [-0.3, -0.25) is 0 Å². The quantitative estimate of drug-likeness (QED) is 0.897. The highest BCUT2D eigenvalue weighted by atomic mass is 16.5. The maximum absolute atomic E-state index is 5.84. The van der Waals surface area contributed by atoms with E-state index in [1.165, 1.54) is 0 Å². The molecule has 1 aromatic carbocycles. The molecular weight excluding hydrogens is 240 g/mol. The van der Waals surface area contributed by atoms with Crippen LogP contribution in [0.1, 0.15) is 18.2 Å². The molecule has 2 heterocycles. The number of fused-ring (bicyclic) bond motifs is 1. The Morgan fingerprint density at radius 3 is 3.11 bits per heavy atom. The van der Waals surface area contributed by atoms with Gasteiger partial charge in [-0.2, -0.15) is 0 Å². The molecule has 19 heavy (non-hydrogen) atoms. The van der Waals surface area contributed by atoms with E-state index >= 15 is 0 Å². The molecular formula is C15H18N2O2. The molecule has 0 saturated carbocycles.